The number of para-hydroxylation sites is 1. The van der Waals surface area contributed by atoms with Gasteiger partial charge in [0.25, 0.3) is 5.91 Å². The molecule has 0 spiro atoms. The van der Waals surface area contributed by atoms with Crippen LogP contribution in [0.15, 0.2) is 60.9 Å². The van der Waals surface area contributed by atoms with Crippen molar-refractivity contribution in [1.82, 2.24) is 14.9 Å². The summed E-state index contributed by atoms with van der Waals surface area (Å²) in [7, 11) is 3.30. The number of ether oxygens (including phenoxy) is 2. The highest BCUT2D eigenvalue weighted by atomic mass is 16.5. The van der Waals surface area contributed by atoms with E-state index in [9.17, 15) is 9.90 Å². The van der Waals surface area contributed by atoms with Gasteiger partial charge in [-0.2, -0.15) is 0 Å². The number of fused-ring (bicyclic) bond motifs is 1. The molecule has 0 bridgehead atoms. The second-order valence-electron chi connectivity index (χ2n) is 8.50. The average molecular weight is 458 g/mol. The van der Waals surface area contributed by atoms with E-state index in [1.807, 2.05) is 36.5 Å². The van der Waals surface area contributed by atoms with Crippen LogP contribution >= 0.6 is 0 Å². The van der Waals surface area contributed by atoms with Gasteiger partial charge >= 0.3 is 0 Å². The maximum absolute atomic E-state index is 13.3. The van der Waals surface area contributed by atoms with Crippen LogP contribution in [0.2, 0.25) is 0 Å². The van der Waals surface area contributed by atoms with Gasteiger partial charge in [-0.05, 0) is 42.7 Å². The summed E-state index contributed by atoms with van der Waals surface area (Å²) in [6, 6.07) is 15.1. The number of hydrogen-bond donors (Lipinski definition) is 2. The minimum atomic E-state index is -0.177. The number of carbonyl (C=O) groups excluding carboxylic acids is 1. The van der Waals surface area contributed by atoms with Gasteiger partial charge in [-0.25, -0.2) is 4.98 Å². The van der Waals surface area contributed by atoms with Crippen molar-refractivity contribution >= 4 is 16.9 Å². The van der Waals surface area contributed by atoms with E-state index in [1.165, 1.54) is 0 Å². The Bertz CT molecular complexity index is 1350. The molecular formula is C27H27N3O4. The summed E-state index contributed by atoms with van der Waals surface area (Å²) in [6.07, 6.45) is 5.53. The summed E-state index contributed by atoms with van der Waals surface area (Å²) in [6.45, 7) is 1.15. The number of hydrogen-bond acceptors (Lipinski definition) is 5. The lowest BCUT2D eigenvalue weighted by atomic mass is 9.99. The molecule has 0 radical (unpaired) electrons. The first-order valence-corrected chi connectivity index (χ1v) is 11.3. The Balaban J connectivity index is 1.54. The normalized spacial score (nSPS) is 15.7. The lowest BCUT2D eigenvalue weighted by molar-refractivity contribution is 0.0628. The molecule has 4 aromatic rings. The maximum atomic E-state index is 13.3. The number of nitrogens with one attached hydrogen (secondary N) is 1. The quantitative estimate of drug-likeness (QED) is 0.432. The number of aromatic hydroxyl groups is 1. The molecule has 174 valence electrons. The molecule has 0 saturated carbocycles. The summed E-state index contributed by atoms with van der Waals surface area (Å²) in [5.41, 5.74) is 4.67. The van der Waals surface area contributed by atoms with E-state index >= 15 is 0 Å². The monoisotopic (exact) mass is 457 g/mol. The fraction of sp³-hybridized carbons (Fsp3) is 0.259. The molecule has 7 heteroatoms. The van der Waals surface area contributed by atoms with Crippen LogP contribution in [0.4, 0.5) is 0 Å². The average Bonchev–Trinajstić information content (AvgIpc) is 3.51. The summed E-state index contributed by atoms with van der Waals surface area (Å²) < 4.78 is 10.8. The second-order valence-corrected chi connectivity index (χ2v) is 8.50. The molecule has 1 aliphatic heterocycles. The highest BCUT2D eigenvalue weighted by molar-refractivity contribution is 6.00. The summed E-state index contributed by atoms with van der Waals surface area (Å²) in [5.74, 6) is 0.578. The molecule has 2 aromatic carbocycles. The van der Waals surface area contributed by atoms with Gasteiger partial charge in [-0.3, -0.25) is 4.79 Å². The third-order valence-corrected chi connectivity index (χ3v) is 6.49. The van der Waals surface area contributed by atoms with Crippen molar-refractivity contribution in [3.8, 4) is 33.8 Å². The molecule has 0 unspecified atom stereocenters. The van der Waals surface area contributed by atoms with Crippen LogP contribution in [0.5, 0.6) is 11.5 Å². The number of phenols is 1. The Labute approximate surface area is 198 Å². The highest BCUT2D eigenvalue weighted by Gasteiger charge is 2.30. The van der Waals surface area contributed by atoms with Crippen LogP contribution in [0, 0.1) is 0 Å². The van der Waals surface area contributed by atoms with Gasteiger partial charge in [0.15, 0.2) is 0 Å². The molecule has 1 amide bonds. The zero-order valence-electron chi connectivity index (χ0n) is 19.2. The Morgan fingerprint density at radius 2 is 2.00 bits per heavy atom. The third kappa shape index (κ3) is 3.88. The van der Waals surface area contributed by atoms with Crippen LogP contribution in [-0.4, -0.2) is 59.3 Å². The lowest BCUT2D eigenvalue weighted by Crippen LogP contribution is -2.38. The topological polar surface area (TPSA) is 87.7 Å². The number of methoxy groups -OCH3 is 2. The predicted octanol–water partition coefficient (Wildman–Crippen LogP) is 4.86. The highest BCUT2D eigenvalue weighted by Crippen LogP contribution is 2.36. The molecule has 34 heavy (non-hydrogen) atoms. The number of benzene rings is 2. The molecule has 1 atom stereocenters. The molecule has 0 aliphatic carbocycles. The first-order valence-electron chi connectivity index (χ1n) is 11.3. The Hall–Kier alpha value is -3.84. The Morgan fingerprint density at radius 3 is 2.82 bits per heavy atom. The largest absolute Gasteiger partial charge is 0.507 e. The van der Waals surface area contributed by atoms with Gasteiger partial charge in [-0.15, -0.1) is 0 Å². The van der Waals surface area contributed by atoms with Crippen LogP contribution in [0.25, 0.3) is 33.3 Å². The smallest absolute Gasteiger partial charge is 0.257 e. The second kappa shape index (κ2) is 9.19. The van der Waals surface area contributed by atoms with E-state index in [1.54, 1.807) is 43.5 Å². The lowest BCUT2D eigenvalue weighted by Gasteiger charge is -2.24. The van der Waals surface area contributed by atoms with Crippen LogP contribution in [0.3, 0.4) is 0 Å². The van der Waals surface area contributed by atoms with Crippen molar-refractivity contribution in [2.45, 2.75) is 18.9 Å². The zero-order valence-corrected chi connectivity index (χ0v) is 19.2. The number of phenolic OH excluding ortho intramolecular Hbond substituents is 1. The number of aromatic nitrogens is 2. The van der Waals surface area contributed by atoms with Gasteiger partial charge in [0.2, 0.25) is 0 Å². The van der Waals surface area contributed by atoms with Crippen molar-refractivity contribution in [2.75, 3.05) is 27.4 Å². The third-order valence-electron chi connectivity index (χ3n) is 6.49. The number of carbonyl (C=O) groups is 1. The van der Waals surface area contributed by atoms with Crippen molar-refractivity contribution in [3.05, 3.63) is 66.5 Å². The molecule has 2 aromatic heterocycles. The summed E-state index contributed by atoms with van der Waals surface area (Å²) in [4.78, 5) is 22.9. The minimum Gasteiger partial charge on any atom is -0.507 e. The first kappa shape index (κ1) is 22.0. The van der Waals surface area contributed by atoms with Crippen LogP contribution in [0.1, 0.15) is 23.2 Å². The Kier molecular flexibility index (Phi) is 5.94. The van der Waals surface area contributed by atoms with E-state index in [-0.39, 0.29) is 17.7 Å². The van der Waals surface area contributed by atoms with Gasteiger partial charge in [0, 0.05) is 48.1 Å². The number of likely N-dealkylation sites (tertiary alicyclic amines) is 1. The number of amides is 1. The first-order chi connectivity index (χ1) is 16.6. The van der Waals surface area contributed by atoms with Crippen LogP contribution < -0.4 is 4.74 Å². The number of aromatic amines is 1. The van der Waals surface area contributed by atoms with Crippen molar-refractivity contribution < 1.29 is 19.4 Å². The van der Waals surface area contributed by atoms with Crippen molar-refractivity contribution in [1.29, 1.82) is 0 Å². The molecular weight excluding hydrogens is 430 g/mol. The van der Waals surface area contributed by atoms with Crippen LogP contribution in [-0.2, 0) is 4.74 Å². The predicted molar refractivity (Wildman–Crippen MR) is 131 cm³/mol. The maximum Gasteiger partial charge on any atom is 0.257 e. The molecule has 1 fully saturated rings. The van der Waals surface area contributed by atoms with Gasteiger partial charge < -0.3 is 24.5 Å². The van der Waals surface area contributed by atoms with Gasteiger partial charge in [-0.1, -0.05) is 24.3 Å². The SMILES string of the molecule is COC[C@@H]1CCCN1C(=O)c1cc(-c2cnc3[nH]cc(-c4ccccc4OC)c3c2)ccc1O. The number of H-pyrrole nitrogens is 1. The minimum absolute atomic E-state index is 0.0257. The van der Waals surface area contributed by atoms with Gasteiger partial charge in [0.05, 0.1) is 25.3 Å². The molecule has 1 saturated heterocycles. The summed E-state index contributed by atoms with van der Waals surface area (Å²) in [5, 5.41) is 11.5. The fourth-order valence-electron chi connectivity index (χ4n) is 4.76. The zero-order chi connectivity index (χ0) is 23.7. The van der Waals surface area contributed by atoms with E-state index in [2.05, 4.69) is 9.97 Å². The molecule has 7 nitrogen and oxygen atoms in total. The molecule has 2 N–H and O–H groups in total. The van der Waals surface area contributed by atoms with E-state index in [0.29, 0.717) is 18.7 Å². The molecule has 3 heterocycles. The van der Waals surface area contributed by atoms with Gasteiger partial charge in [0.1, 0.15) is 17.1 Å². The molecule has 1 aliphatic rings. The van der Waals surface area contributed by atoms with E-state index < -0.39 is 0 Å². The number of nitrogens with zero attached hydrogens (tertiary/aromatic N) is 2. The van der Waals surface area contributed by atoms with Crippen molar-refractivity contribution in [3.63, 3.8) is 0 Å². The fourth-order valence-corrected chi connectivity index (χ4v) is 4.76. The summed E-state index contributed by atoms with van der Waals surface area (Å²) >= 11 is 0. The molecule has 5 rings (SSSR count). The van der Waals surface area contributed by atoms with E-state index in [4.69, 9.17) is 9.47 Å². The number of rotatable bonds is 6. The Morgan fingerprint density at radius 1 is 1.15 bits per heavy atom. The van der Waals surface area contributed by atoms with E-state index in [0.717, 1.165) is 51.9 Å². The number of pyridine rings is 1. The standard InChI is InChI=1S/C27H27N3O4/c1-33-16-19-6-5-11-30(19)27(32)22-12-17(9-10-24(22)31)18-13-21-23(15-29-26(21)28-14-18)20-7-3-4-8-25(20)34-2/h3-4,7-10,12-15,19,31H,5-6,11,16H2,1-2H3,(H,28,29)/t19-/m0/s1. The van der Waals surface area contributed by atoms with Crippen molar-refractivity contribution in [2.24, 2.45) is 0 Å².